The van der Waals surface area contributed by atoms with E-state index in [9.17, 15) is 5.11 Å². The van der Waals surface area contributed by atoms with E-state index in [1.807, 2.05) is 18.0 Å². The van der Waals surface area contributed by atoms with Gasteiger partial charge in [0, 0.05) is 43.7 Å². The first-order chi connectivity index (χ1) is 12.2. The van der Waals surface area contributed by atoms with Gasteiger partial charge >= 0.3 is 0 Å². The molecule has 0 bridgehead atoms. The zero-order chi connectivity index (χ0) is 17.6. The number of nitrogens with zero attached hydrogens (tertiary/aromatic N) is 3. The maximum absolute atomic E-state index is 10.4. The van der Waals surface area contributed by atoms with Crippen LogP contribution in [0.25, 0.3) is 11.0 Å². The SMILES string of the molecule is C#CCCCCSC[C@H]1CN(Cc2c[nH]c3c(N)ncnc23)CC1O. The summed E-state index contributed by atoms with van der Waals surface area (Å²) in [6.07, 6.45) is 11.5. The molecule has 134 valence electrons. The highest BCUT2D eigenvalue weighted by molar-refractivity contribution is 7.99. The molecule has 0 amide bonds. The second-order valence-corrected chi connectivity index (χ2v) is 7.70. The molecule has 1 unspecified atom stereocenters. The molecule has 2 atom stereocenters. The summed E-state index contributed by atoms with van der Waals surface area (Å²) < 4.78 is 0. The topological polar surface area (TPSA) is 91.1 Å². The normalized spacial score (nSPS) is 21.0. The van der Waals surface area contributed by atoms with Crippen LogP contribution in [0.4, 0.5) is 5.82 Å². The van der Waals surface area contributed by atoms with Crippen LogP contribution in [0, 0.1) is 18.3 Å². The second kappa shape index (κ2) is 8.56. The predicted octanol–water partition coefficient (Wildman–Crippen LogP) is 1.87. The number of unbranched alkanes of at least 4 members (excludes halogenated alkanes) is 2. The lowest BCUT2D eigenvalue weighted by Crippen LogP contribution is -2.21. The van der Waals surface area contributed by atoms with Gasteiger partial charge in [-0.15, -0.1) is 12.3 Å². The van der Waals surface area contributed by atoms with Crippen molar-refractivity contribution < 1.29 is 5.11 Å². The van der Waals surface area contributed by atoms with Gasteiger partial charge in [-0.05, 0) is 24.3 Å². The summed E-state index contributed by atoms with van der Waals surface area (Å²) in [5.41, 5.74) is 8.62. The number of hydrogen-bond donors (Lipinski definition) is 3. The van der Waals surface area contributed by atoms with Gasteiger partial charge in [0.1, 0.15) is 11.8 Å². The number of hydrogen-bond acceptors (Lipinski definition) is 6. The number of nitrogen functional groups attached to an aromatic ring is 1. The molecular weight excluding hydrogens is 334 g/mol. The number of aliphatic hydroxyl groups excluding tert-OH is 1. The van der Waals surface area contributed by atoms with Crippen LogP contribution >= 0.6 is 11.8 Å². The summed E-state index contributed by atoms with van der Waals surface area (Å²) >= 11 is 1.92. The zero-order valence-corrected chi connectivity index (χ0v) is 15.1. The number of thioether (sulfide) groups is 1. The van der Waals surface area contributed by atoms with Crippen molar-refractivity contribution in [1.29, 1.82) is 0 Å². The number of aromatic nitrogens is 3. The summed E-state index contributed by atoms with van der Waals surface area (Å²) in [5.74, 6) is 5.58. The molecular formula is C18H25N5OS. The third kappa shape index (κ3) is 4.46. The van der Waals surface area contributed by atoms with E-state index in [0.717, 1.165) is 60.5 Å². The lowest BCUT2D eigenvalue weighted by atomic mass is 10.1. The van der Waals surface area contributed by atoms with Crippen molar-refractivity contribution in [3.8, 4) is 12.3 Å². The number of H-pyrrole nitrogens is 1. The minimum Gasteiger partial charge on any atom is -0.391 e. The highest BCUT2D eigenvalue weighted by Gasteiger charge is 2.31. The molecule has 2 aromatic heterocycles. The maximum atomic E-state index is 10.4. The number of fused-ring (bicyclic) bond motifs is 1. The molecule has 6 nitrogen and oxygen atoms in total. The van der Waals surface area contributed by atoms with Crippen molar-refractivity contribution in [3.63, 3.8) is 0 Å². The molecule has 1 aliphatic heterocycles. The van der Waals surface area contributed by atoms with Crippen LogP contribution in [0.5, 0.6) is 0 Å². The molecule has 25 heavy (non-hydrogen) atoms. The van der Waals surface area contributed by atoms with Crippen LogP contribution in [0.1, 0.15) is 24.8 Å². The van der Waals surface area contributed by atoms with Crippen molar-refractivity contribution >= 4 is 28.6 Å². The number of aromatic amines is 1. The third-order valence-electron chi connectivity index (χ3n) is 4.64. The Bertz CT molecular complexity index is 741. The second-order valence-electron chi connectivity index (χ2n) is 6.55. The summed E-state index contributed by atoms with van der Waals surface area (Å²) in [7, 11) is 0. The smallest absolute Gasteiger partial charge is 0.151 e. The Morgan fingerprint density at radius 1 is 1.40 bits per heavy atom. The van der Waals surface area contributed by atoms with E-state index in [1.54, 1.807) is 0 Å². The highest BCUT2D eigenvalue weighted by Crippen LogP contribution is 2.26. The Morgan fingerprint density at radius 3 is 3.12 bits per heavy atom. The molecule has 1 saturated heterocycles. The lowest BCUT2D eigenvalue weighted by Gasteiger charge is -2.14. The van der Waals surface area contributed by atoms with Gasteiger partial charge < -0.3 is 15.8 Å². The minimum absolute atomic E-state index is 0.261. The average Bonchev–Trinajstić information content (AvgIpc) is 3.16. The number of terminal acetylenes is 1. The number of rotatable bonds is 8. The average molecular weight is 359 g/mol. The first-order valence-corrected chi connectivity index (χ1v) is 9.82. The van der Waals surface area contributed by atoms with E-state index in [1.165, 1.54) is 6.33 Å². The van der Waals surface area contributed by atoms with E-state index in [0.29, 0.717) is 18.3 Å². The molecule has 0 aromatic carbocycles. The number of anilines is 1. The molecule has 0 radical (unpaired) electrons. The van der Waals surface area contributed by atoms with Crippen molar-refractivity contribution in [1.82, 2.24) is 19.9 Å². The van der Waals surface area contributed by atoms with Gasteiger partial charge in [-0.3, -0.25) is 4.90 Å². The van der Waals surface area contributed by atoms with Crippen LogP contribution in [0.15, 0.2) is 12.5 Å². The molecule has 2 aromatic rings. The van der Waals surface area contributed by atoms with Crippen LogP contribution in [0.3, 0.4) is 0 Å². The van der Waals surface area contributed by atoms with Crippen LogP contribution in [0.2, 0.25) is 0 Å². The fourth-order valence-electron chi connectivity index (χ4n) is 3.27. The Morgan fingerprint density at radius 2 is 2.28 bits per heavy atom. The Balaban J connectivity index is 1.50. The van der Waals surface area contributed by atoms with Gasteiger partial charge in [0.2, 0.25) is 0 Å². The Kier molecular flexibility index (Phi) is 6.19. The van der Waals surface area contributed by atoms with Gasteiger partial charge in [-0.1, -0.05) is 0 Å². The molecule has 1 aliphatic rings. The van der Waals surface area contributed by atoms with Gasteiger partial charge in [0.15, 0.2) is 5.82 Å². The van der Waals surface area contributed by atoms with Crippen molar-refractivity contribution in [2.75, 3.05) is 30.3 Å². The molecule has 3 rings (SSSR count). The van der Waals surface area contributed by atoms with Crippen LogP contribution in [-0.4, -0.2) is 55.7 Å². The molecule has 0 spiro atoms. The molecule has 0 aliphatic carbocycles. The van der Waals surface area contributed by atoms with Crippen molar-refractivity contribution in [2.24, 2.45) is 5.92 Å². The van der Waals surface area contributed by atoms with E-state index in [2.05, 4.69) is 25.8 Å². The van der Waals surface area contributed by atoms with Crippen LogP contribution in [-0.2, 0) is 6.54 Å². The minimum atomic E-state index is -0.261. The molecule has 7 heteroatoms. The van der Waals surface area contributed by atoms with E-state index < -0.39 is 0 Å². The maximum Gasteiger partial charge on any atom is 0.151 e. The van der Waals surface area contributed by atoms with Crippen molar-refractivity contribution in [3.05, 3.63) is 18.1 Å². The monoisotopic (exact) mass is 359 g/mol. The number of nitrogens with one attached hydrogen (secondary N) is 1. The highest BCUT2D eigenvalue weighted by atomic mass is 32.2. The molecule has 3 heterocycles. The lowest BCUT2D eigenvalue weighted by molar-refractivity contribution is 0.149. The van der Waals surface area contributed by atoms with Gasteiger partial charge in [-0.25, -0.2) is 9.97 Å². The first kappa shape index (κ1) is 18.1. The molecule has 1 fully saturated rings. The zero-order valence-electron chi connectivity index (χ0n) is 14.3. The standard InChI is InChI=1S/C18H25N5OS/c1-2-3-4-5-6-25-11-14-9-23(10-15(14)24)8-13-7-20-17-16(13)21-12-22-18(17)19/h1,7,12,14-15,20,24H,3-6,8-11H2,(H2,19,21,22)/t14-,15?/m1/s1. The van der Waals surface area contributed by atoms with Gasteiger partial charge in [-0.2, -0.15) is 11.8 Å². The van der Waals surface area contributed by atoms with Crippen LogP contribution < -0.4 is 5.73 Å². The fraction of sp³-hybridized carbons (Fsp3) is 0.556. The summed E-state index contributed by atoms with van der Waals surface area (Å²) in [6, 6.07) is 0. The number of β-amino-alcohol motifs (C(OH)–C–C–N with tert-alkyl or cyclic N) is 1. The quantitative estimate of drug-likeness (QED) is 0.492. The molecule has 4 N–H and O–H groups in total. The first-order valence-electron chi connectivity index (χ1n) is 8.67. The number of likely N-dealkylation sites (tertiary alicyclic amines) is 1. The van der Waals surface area contributed by atoms with E-state index in [4.69, 9.17) is 12.2 Å². The Hall–Kier alpha value is -1.75. The Labute approximate surface area is 152 Å². The predicted molar refractivity (Wildman–Crippen MR) is 103 cm³/mol. The third-order valence-corrected chi connectivity index (χ3v) is 5.88. The number of aliphatic hydroxyl groups is 1. The summed E-state index contributed by atoms with van der Waals surface area (Å²) in [4.78, 5) is 13.8. The van der Waals surface area contributed by atoms with E-state index in [-0.39, 0.29) is 6.10 Å². The van der Waals surface area contributed by atoms with Crippen molar-refractivity contribution in [2.45, 2.75) is 31.9 Å². The van der Waals surface area contributed by atoms with Gasteiger partial charge in [0.05, 0.1) is 11.6 Å². The fourth-order valence-corrected chi connectivity index (χ4v) is 4.48. The molecule has 0 saturated carbocycles. The van der Waals surface area contributed by atoms with Gasteiger partial charge in [0.25, 0.3) is 0 Å². The summed E-state index contributed by atoms with van der Waals surface area (Å²) in [6.45, 7) is 2.37. The number of nitrogens with two attached hydrogens (primary N) is 1. The largest absolute Gasteiger partial charge is 0.391 e. The summed E-state index contributed by atoms with van der Waals surface area (Å²) in [5, 5.41) is 10.4. The van der Waals surface area contributed by atoms with E-state index >= 15 is 0 Å².